The van der Waals surface area contributed by atoms with E-state index in [4.69, 9.17) is 0 Å². The zero-order valence-corrected chi connectivity index (χ0v) is 11.2. The molecule has 0 fully saturated rings. The van der Waals surface area contributed by atoms with Crippen molar-refractivity contribution >= 4 is 19.2 Å². The first-order chi connectivity index (χ1) is 7.09. The normalized spacial score (nSPS) is 15.2. The molecule has 0 amide bonds. The fraction of sp³-hybridized carbons (Fsp3) is 0.300. The number of nitrogens with one attached hydrogen (secondary N) is 1. The zero-order chi connectivity index (χ0) is 10.9. The molecule has 0 aliphatic carbocycles. The Morgan fingerprint density at radius 3 is 2.38 bits per heavy atom. The van der Waals surface area contributed by atoms with Gasteiger partial charge in [0.05, 0.1) is 5.46 Å². The van der Waals surface area contributed by atoms with Crippen LogP contribution >= 0.6 is 0 Å². The first-order valence-electron chi connectivity index (χ1n) is 4.98. The van der Waals surface area contributed by atoms with Crippen LogP contribution in [0.5, 0.6) is 0 Å². The minimum atomic E-state index is -1.45. The molecule has 0 unspecified atom stereocenters. The molecule has 1 aromatic carbocycles. The van der Waals surface area contributed by atoms with E-state index in [-0.39, 0.29) is 18.9 Å². The number of hydrogen-bond acceptors (Lipinski definition) is 3. The molecule has 0 bridgehead atoms. The number of anilines is 1. The van der Waals surface area contributed by atoms with E-state index in [0.717, 1.165) is 11.1 Å². The monoisotopic (exact) mass is 226 g/mol. The largest absolute Gasteiger partial charge is 1.00 e. The second-order valence-corrected chi connectivity index (χ2v) is 9.48. The molecule has 0 radical (unpaired) electrons. The number of amidine groups is 1. The van der Waals surface area contributed by atoms with Crippen molar-refractivity contribution in [3.8, 4) is 0 Å². The fourth-order valence-corrected chi connectivity index (χ4v) is 2.64. The topological polar surface area (TPSA) is 41.7 Å². The second kappa shape index (κ2) is 5.06. The van der Waals surface area contributed by atoms with Crippen LogP contribution in [-0.4, -0.2) is 13.5 Å². The fourth-order valence-electron chi connectivity index (χ4n) is 1.44. The maximum absolute atomic E-state index is 4.25. The van der Waals surface area contributed by atoms with Crippen molar-refractivity contribution in [3.05, 3.63) is 35.9 Å². The van der Waals surface area contributed by atoms with Gasteiger partial charge in [-0.3, -0.25) is 0 Å². The maximum Gasteiger partial charge on any atom is 1.00 e. The molecule has 80 valence electrons. The van der Waals surface area contributed by atoms with Crippen LogP contribution in [-0.2, 0) is 0 Å². The maximum atomic E-state index is 4.25. The Balaban J connectivity index is 0.00000128. The smallest absolute Gasteiger partial charge is 0.454 e. The van der Waals surface area contributed by atoms with Gasteiger partial charge in [-0.25, -0.2) is 0 Å². The van der Waals surface area contributed by atoms with Crippen LogP contribution in [0.25, 0.3) is 5.53 Å². The molecule has 0 atom stereocenters. The molecule has 1 aliphatic rings. The van der Waals surface area contributed by atoms with E-state index < -0.39 is 8.07 Å². The zero-order valence-electron chi connectivity index (χ0n) is 10.2. The van der Waals surface area contributed by atoms with Gasteiger partial charge in [-0.15, -0.1) is 0 Å². The van der Waals surface area contributed by atoms with Gasteiger partial charge < -0.3 is 16.1 Å². The Morgan fingerprint density at radius 2 is 1.81 bits per heavy atom. The third-order valence-electron chi connectivity index (χ3n) is 2.17. The van der Waals surface area contributed by atoms with E-state index in [1.165, 1.54) is 0 Å². The second-order valence-electron chi connectivity index (χ2n) is 4.53. The van der Waals surface area contributed by atoms with Gasteiger partial charge >= 0.3 is 18.9 Å². The summed E-state index contributed by atoms with van der Waals surface area (Å²) in [5.41, 5.74) is 8.99. The van der Waals surface area contributed by atoms with Crippen LogP contribution < -0.4 is 29.4 Å². The molecule has 1 N–H and O–H groups in total. The third kappa shape index (κ3) is 2.68. The minimum Gasteiger partial charge on any atom is -0.454 e. The van der Waals surface area contributed by atoms with Crippen LogP contribution in [0.4, 0.5) is 5.69 Å². The van der Waals surface area contributed by atoms with E-state index in [1.54, 1.807) is 0 Å². The molecule has 0 saturated heterocycles. The SMILES string of the molecule is C[Si](C)(C)C1=NN[N-]N1c1ccccc1.[Li+]. The quantitative estimate of drug-likeness (QED) is 0.690. The van der Waals surface area contributed by atoms with E-state index >= 15 is 0 Å². The average Bonchev–Trinajstić information content (AvgIpc) is 2.67. The summed E-state index contributed by atoms with van der Waals surface area (Å²) in [5, 5.41) is 6.15. The molecular formula is C10H15LiN4Si. The Kier molecular flexibility index (Phi) is 4.22. The molecule has 0 saturated carbocycles. The summed E-state index contributed by atoms with van der Waals surface area (Å²) < 4.78 is 0. The molecule has 0 aromatic heterocycles. The molecule has 2 rings (SSSR count). The molecule has 16 heavy (non-hydrogen) atoms. The number of benzene rings is 1. The summed E-state index contributed by atoms with van der Waals surface area (Å²) in [6, 6.07) is 10.1. The van der Waals surface area contributed by atoms with Crippen molar-refractivity contribution in [2.45, 2.75) is 19.6 Å². The van der Waals surface area contributed by atoms with Crippen molar-refractivity contribution in [2.24, 2.45) is 5.10 Å². The van der Waals surface area contributed by atoms with Gasteiger partial charge in [0.15, 0.2) is 0 Å². The number of nitrogens with zero attached hydrogens (tertiary/aromatic N) is 3. The average molecular weight is 226 g/mol. The van der Waals surface area contributed by atoms with Gasteiger partial charge in [0, 0.05) is 5.69 Å². The standard InChI is InChI=1S/C10H15N4Si.Li/c1-15(2,3)10-11-12-13-14(10)9-7-5-4-6-8-9;/h4-8,12H,1-3H3;/q-1;+1. The van der Waals surface area contributed by atoms with Crippen LogP contribution in [0.3, 0.4) is 0 Å². The molecule has 4 nitrogen and oxygen atoms in total. The summed E-state index contributed by atoms with van der Waals surface area (Å²) in [6.45, 7) is 6.76. The molecule has 1 heterocycles. The first-order valence-corrected chi connectivity index (χ1v) is 8.48. The summed E-state index contributed by atoms with van der Waals surface area (Å²) in [6.07, 6.45) is 0. The molecule has 0 spiro atoms. The predicted molar refractivity (Wildman–Crippen MR) is 66.2 cm³/mol. The predicted octanol–water partition coefficient (Wildman–Crippen LogP) is -0.505. The van der Waals surface area contributed by atoms with Crippen LogP contribution in [0.15, 0.2) is 35.4 Å². The number of rotatable bonds is 2. The van der Waals surface area contributed by atoms with Gasteiger partial charge in [-0.2, -0.15) is 5.10 Å². The van der Waals surface area contributed by atoms with Gasteiger partial charge in [0.25, 0.3) is 0 Å². The van der Waals surface area contributed by atoms with E-state index in [9.17, 15) is 0 Å². The van der Waals surface area contributed by atoms with E-state index in [0.29, 0.717) is 0 Å². The Labute approximate surface area is 109 Å². The first kappa shape index (κ1) is 13.3. The Bertz CT molecular complexity index is 374. The number of hydrazone groups is 1. The van der Waals surface area contributed by atoms with Gasteiger partial charge in [-0.1, -0.05) is 37.8 Å². The third-order valence-corrected chi connectivity index (χ3v) is 3.84. The summed E-state index contributed by atoms with van der Waals surface area (Å²) >= 11 is 0. The Morgan fingerprint density at radius 1 is 1.19 bits per heavy atom. The summed E-state index contributed by atoms with van der Waals surface area (Å²) in [4.78, 5) is 0. The Hall–Kier alpha value is -0.736. The number of para-hydroxylation sites is 1. The molecule has 6 heteroatoms. The van der Waals surface area contributed by atoms with Crippen molar-refractivity contribution in [1.82, 2.24) is 5.53 Å². The van der Waals surface area contributed by atoms with Crippen molar-refractivity contribution in [1.29, 1.82) is 0 Å². The van der Waals surface area contributed by atoms with Crippen molar-refractivity contribution in [3.63, 3.8) is 0 Å². The van der Waals surface area contributed by atoms with Gasteiger partial charge in [0.1, 0.15) is 8.07 Å². The van der Waals surface area contributed by atoms with Crippen molar-refractivity contribution in [2.75, 3.05) is 5.01 Å². The van der Waals surface area contributed by atoms with Gasteiger partial charge in [0.2, 0.25) is 0 Å². The van der Waals surface area contributed by atoms with Crippen LogP contribution in [0.1, 0.15) is 0 Å². The van der Waals surface area contributed by atoms with Gasteiger partial charge in [-0.05, 0) is 12.1 Å². The molecular weight excluding hydrogens is 211 g/mol. The van der Waals surface area contributed by atoms with Crippen molar-refractivity contribution < 1.29 is 18.9 Å². The van der Waals surface area contributed by atoms with Crippen LogP contribution in [0.2, 0.25) is 19.6 Å². The molecule has 1 aromatic rings. The van der Waals surface area contributed by atoms with Crippen LogP contribution in [0, 0.1) is 0 Å². The number of hydrogen-bond donors (Lipinski definition) is 1. The minimum absolute atomic E-state index is 0. The summed E-state index contributed by atoms with van der Waals surface area (Å²) in [5.74, 6) is 0. The van der Waals surface area contributed by atoms with E-state index in [2.05, 4.69) is 35.8 Å². The molecule has 1 aliphatic heterocycles. The van der Waals surface area contributed by atoms with E-state index in [1.807, 2.05) is 35.3 Å². The summed E-state index contributed by atoms with van der Waals surface area (Å²) in [7, 11) is -1.45.